The highest BCUT2D eigenvalue weighted by Gasteiger charge is 2.23. The number of ether oxygens (including phenoxy) is 2. The highest BCUT2D eigenvalue weighted by Crippen LogP contribution is 2.49. The molecule has 9 heteroatoms. The first kappa shape index (κ1) is 36.9. The highest BCUT2D eigenvalue weighted by atomic mass is 79.9. The second-order valence-corrected chi connectivity index (χ2v) is 15.6. The van der Waals surface area contributed by atoms with Gasteiger partial charge in [-0.2, -0.15) is 0 Å². The fourth-order valence-corrected chi connectivity index (χ4v) is 8.23. The van der Waals surface area contributed by atoms with Crippen LogP contribution in [0.4, 0.5) is 34.1 Å². The second-order valence-electron chi connectivity index (χ2n) is 13.1. The molecule has 57 heavy (non-hydrogen) atoms. The minimum absolute atomic E-state index is 0.533. The molecule has 1 aromatic heterocycles. The van der Waals surface area contributed by atoms with Crippen LogP contribution in [-0.2, 0) is 0 Å². The highest BCUT2D eigenvalue weighted by molar-refractivity contribution is 9.11. The van der Waals surface area contributed by atoms with Gasteiger partial charge in [0.15, 0.2) is 0 Å². The Kier molecular flexibility index (Phi) is 10.4. The first-order chi connectivity index (χ1) is 27.9. The van der Waals surface area contributed by atoms with Crippen LogP contribution in [0.5, 0.6) is 23.0 Å². The van der Waals surface area contributed by atoms with Crippen LogP contribution in [-0.4, -0.2) is 0 Å². The molecule has 8 aromatic carbocycles. The number of para-hydroxylation sites is 4. The molecule has 9 rings (SSSR count). The molecule has 278 valence electrons. The Hall–Kier alpha value is -5.70. The molecule has 0 amide bonds. The zero-order valence-corrected chi connectivity index (χ0v) is 34.6. The van der Waals surface area contributed by atoms with E-state index in [1.54, 1.807) is 0 Å². The third kappa shape index (κ3) is 7.59. The number of furan rings is 1. The standard InChI is InChI=1S/C48H30Br2Cl2N2O3/c49-47-41(25-31(51)27-45(47)55-37-17-9-3-10-18-37)53(33-13-5-1-6-14-33)35-21-23-39-40-24-22-36(30-44(40)57-43(39)29-35)54(34-15-7-2-8-16-34)42-26-32(52)28-46(48(42)50)56-38-19-11-4-12-20-38/h1-30H. The minimum Gasteiger partial charge on any atom is -0.456 e. The van der Waals surface area contributed by atoms with Crippen molar-refractivity contribution in [1.29, 1.82) is 0 Å². The lowest BCUT2D eigenvalue weighted by Crippen LogP contribution is -2.11. The van der Waals surface area contributed by atoms with E-state index in [9.17, 15) is 0 Å². The number of fused-ring (bicyclic) bond motifs is 3. The zero-order valence-electron chi connectivity index (χ0n) is 30.0. The van der Waals surface area contributed by atoms with E-state index in [2.05, 4.69) is 102 Å². The van der Waals surface area contributed by atoms with Crippen LogP contribution in [0.3, 0.4) is 0 Å². The number of hydrogen-bond donors (Lipinski definition) is 0. The SMILES string of the molecule is Clc1cc(Oc2ccccc2)c(Br)c(N(c2ccccc2)c2ccc3c(c2)oc2cc(N(c4ccccc4)c4cc(Cl)cc(Oc5ccccc5)c4Br)ccc23)c1. The number of benzene rings is 8. The predicted molar refractivity (Wildman–Crippen MR) is 242 cm³/mol. The Labute approximate surface area is 356 Å². The van der Waals surface area contributed by atoms with Gasteiger partial charge in [-0.25, -0.2) is 0 Å². The third-order valence-electron chi connectivity index (χ3n) is 9.38. The van der Waals surface area contributed by atoms with E-state index in [0.717, 1.165) is 65.0 Å². The molecule has 0 aliphatic carbocycles. The average Bonchev–Trinajstić information content (AvgIpc) is 3.60. The van der Waals surface area contributed by atoms with Crippen LogP contribution in [0.1, 0.15) is 0 Å². The molecule has 0 aliphatic rings. The Bertz CT molecular complexity index is 2660. The summed E-state index contributed by atoms with van der Waals surface area (Å²) in [6, 6.07) is 59.5. The van der Waals surface area contributed by atoms with Gasteiger partial charge in [0.05, 0.1) is 20.3 Å². The van der Waals surface area contributed by atoms with Gasteiger partial charge in [-0.3, -0.25) is 0 Å². The van der Waals surface area contributed by atoms with Crippen LogP contribution in [0.25, 0.3) is 21.9 Å². The Morgan fingerprint density at radius 2 is 0.772 bits per heavy atom. The van der Waals surface area contributed by atoms with Crippen molar-refractivity contribution in [1.82, 2.24) is 0 Å². The number of anilines is 6. The molecule has 0 saturated heterocycles. The van der Waals surface area contributed by atoms with Crippen molar-refractivity contribution in [2.45, 2.75) is 0 Å². The normalized spacial score (nSPS) is 11.2. The summed E-state index contributed by atoms with van der Waals surface area (Å²) >= 11 is 21.3. The maximum atomic E-state index is 6.78. The molecule has 0 fully saturated rings. The van der Waals surface area contributed by atoms with E-state index in [1.165, 1.54) is 0 Å². The lowest BCUT2D eigenvalue weighted by molar-refractivity contribution is 0.479. The van der Waals surface area contributed by atoms with Crippen molar-refractivity contribution in [2.24, 2.45) is 0 Å². The quantitative estimate of drug-likeness (QED) is 0.137. The summed E-state index contributed by atoms with van der Waals surface area (Å²) in [5.41, 5.74) is 6.69. The van der Waals surface area contributed by atoms with E-state index < -0.39 is 0 Å². The summed E-state index contributed by atoms with van der Waals surface area (Å²) in [4.78, 5) is 4.27. The Morgan fingerprint density at radius 1 is 0.404 bits per heavy atom. The fourth-order valence-electron chi connectivity index (χ4n) is 6.85. The van der Waals surface area contributed by atoms with E-state index in [4.69, 9.17) is 37.1 Å². The summed E-state index contributed by atoms with van der Waals surface area (Å²) in [6.45, 7) is 0. The largest absolute Gasteiger partial charge is 0.456 e. The molecule has 0 bridgehead atoms. The second kappa shape index (κ2) is 16.0. The molecular formula is C48H30Br2Cl2N2O3. The number of rotatable bonds is 10. The molecule has 0 radical (unpaired) electrons. The predicted octanol–water partition coefficient (Wildman–Crippen LogP) is 16.9. The van der Waals surface area contributed by atoms with E-state index in [-0.39, 0.29) is 0 Å². The fraction of sp³-hybridized carbons (Fsp3) is 0. The molecule has 0 atom stereocenters. The van der Waals surface area contributed by atoms with Crippen molar-refractivity contribution in [3.63, 3.8) is 0 Å². The summed E-state index contributed by atoms with van der Waals surface area (Å²) < 4.78 is 20.8. The van der Waals surface area contributed by atoms with Crippen molar-refractivity contribution in [3.8, 4) is 23.0 Å². The monoisotopic (exact) mass is 910 g/mol. The molecule has 5 nitrogen and oxygen atoms in total. The lowest BCUT2D eigenvalue weighted by Gasteiger charge is -2.27. The molecule has 1 heterocycles. The van der Waals surface area contributed by atoms with Crippen LogP contribution < -0.4 is 19.3 Å². The van der Waals surface area contributed by atoms with Crippen LogP contribution in [0, 0.1) is 0 Å². The first-order valence-corrected chi connectivity index (χ1v) is 20.3. The molecule has 0 aliphatic heterocycles. The zero-order chi connectivity index (χ0) is 38.9. The van der Waals surface area contributed by atoms with Gasteiger partial charge in [0, 0.05) is 67.8 Å². The van der Waals surface area contributed by atoms with Gasteiger partial charge in [0.2, 0.25) is 0 Å². The van der Waals surface area contributed by atoms with E-state index >= 15 is 0 Å². The molecule has 0 spiro atoms. The smallest absolute Gasteiger partial charge is 0.145 e. The summed E-state index contributed by atoms with van der Waals surface area (Å²) in [6.07, 6.45) is 0. The lowest BCUT2D eigenvalue weighted by atomic mass is 10.1. The molecule has 0 N–H and O–H groups in total. The minimum atomic E-state index is 0.533. The Morgan fingerprint density at radius 3 is 1.16 bits per heavy atom. The van der Waals surface area contributed by atoms with Gasteiger partial charge < -0.3 is 23.7 Å². The first-order valence-electron chi connectivity index (χ1n) is 18.0. The van der Waals surface area contributed by atoms with Crippen molar-refractivity contribution in [3.05, 3.63) is 201 Å². The van der Waals surface area contributed by atoms with Crippen molar-refractivity contribution < 1.29 is 13.9 Å². The third-order valence-corrected chi connectivity index (χ3v) is 11.4. The van der Waals surface area contributed by atoms with Gasteiger partial charge in [0.1, 0.15) is 34.2 Å². The average molecular weight is 913 g/mol. The van der Waals surface area contributed by atoms with Crippen LogP contribution in [0.2, 0.25) is 10.0 Å². The molecule has 0 saturated carbocycles. The van der Waals surface area contributed by atoms with E-state index in [0.29, 0.717) is 33.0 Å². The van der Waals surface area contributed by atoms with E-state index in [1.807, 2.05) is 121 Å². The molecule has 0 unspecified atom stereocenters. The van der Waals surface area contributed by atoms with Gasteiger partial charge in [0.25, 0.3) is 0 Å². The maximum Gasteiger partial charge on any atom is 0.145 e. The van der Waals surface area contributed by atoms with Crippen LogP contribution in [0.15, 0.2) is 195 Å². The topological polar surface area (TPSA) is 38.1 Å². The summed E-state index contributed by atoms with van der Waals surface area (Å²) in [5.74, 6) is 2.59. The van der Waals surface area contributed by atoms with Crippen molar-refractivity contribution in [2.75, 3.05) is 9.80 Å². The van der Waals surface area contributed by atoms with Crippen LogP contribution >= 0.6 is 55.1 Å². The van der Waals surface area contributed by atoms with Gasteiger partial charge in [-0.15, -0.1) is 0 Å². The Balaban J connectivity index is 1.15. The number of nitrogens with zero attached hydrogens (tertiary/aromatic N) is 2. The van der Waals surface area contributed by atoms with Gasteiger partial charge in [-0.05, 0) is 117 Å². The summed E-state index contributed by atoms with van der Waals surface area (Å²) in [7, 11) is 0. The number of hydrogen-bond acceptors (Lipinski definition) is 5. The molecular weight excluding hydrogens is 883 g/mol. The van der Waals surface area contributed by atoms with Crippen molar-refractivity contribution >= 4 is 111 Å². The van der Waals surface area contributed by atoms with Gasteiger partial charge in [-0.1, -0.05) is 96.0 Å². The van der Waals surface area contributed by atoms with Gasteiger partial charge >= 0.3 is 0 Å². The summed E-state index contributed by atoms with van der Waals surface area (Å²) in [5, 5.41) is 3.04. The molecule has 9 aromatic rings. The number of halogens is 4. The maximum absolute atomic E-state index is 6.78.